The fourth-order valence-corrected chi connectivity index (χ4v) is 3.81. The molecule has 0 spiro atoms. The van der Waals surface area contributed by atoms with Gasteiger partial charge in [-0.3, -0.25) is 0 Å². The van der Waals surface area contributed by atoms with Gasteiger partial charge in [0.15, 0.2) is 35.4 Å². The maximum Gasteiger partial charge on any atom is 0.186 e. The van der Waals surface area contributed by atoms with Crippen molar-refractivity contribution in [3.8, 4) is 23.0 Å². The number of hydrogen-bond acceptors (Lipinski definition) is 11. The van der Waals surface area contributed by atoms with E-state index in [1.54, 1.807) is 30.3 Å². The van der Waals surface area contributed by atoms with Crippen molar-refractivity contribution in [1.82, 2.24) is 0 Å². The average Bonchev–Trinajstić information content (AvgIpc) is 2.88. The van der Waals surface area contributed by atoms with Gasteiger partial charge in [-0.25, -0.2) is 0 Å². The normalized spacial score (nSPS) is 26.1. The molecule has 0 saturated carbocycles. The zero-order valence-electron chi connectivity index (χ0n) is 19.7. The molecule has 1 aliphatic heterocycles. The number of aliphatic hydroxyl groups excluding tert-OH is 4. The van der Waals surface area contributed by atoms with E-state index in [2.05, 4.69) is 0 Å². The third kappa shape index (κ3) is 6.14. The van der Waals surface area contributed by atoms with Crippen LogP contribution in [0.4, 0.5) is 0 Å². The number of phenols is 1. The van der Waals surface area contributed by atoms with E-state index in [-0.39, 0.29) is 18.1 Å². The SMILES string of the molecule is COc1cc(C(OC[C@H]2O[C@H](OC)[C@H](O)[C@@H](O)[C@H]2O)C(CO)Oc2ccccc2OC)ccc1O. The van der Waals surface area contributed by atoms with Crippen LogP contribution in [-0.4, -0.2) is 96.9 Å². The van der Waals surface area contributed by atoms with Crippen LogP contribution < -0.4 is 14.2 Å². The first-order chi connectivity index (χ1) is 16.8. The standard InChI is InChI=1S/C24H32O11/c1-30-15-6-4-5-7-16(15)34-18(11-25)23(13-8-9-14(26)17(10-13)31-2)33-12-19-20(27)21(28)22(29)24(32-3)35-19/h4-10,18-29H,11-12H2,1-3H3/t18?,19-,20+,21+,22-,23?,24+/m1/s1. The topological polar surface area (TPSA) is 157 Å². The van der Waals surface area contributed by atoms with Gasteiger partial charge in [0.1, 0.15) is 30.5 Å². The quantitative estimate of drug-likeness (QED) is 0.293. The van der Waals surface area contributed by atoms with Crippen LogP contribution >= 0.6 is 0 Å². The van der Waals surface area contributed by atoms with Gasteiger partial charge in [-0.1, -0.05) is 18.2 Å². The third-order valence-corrected chi connectivity index (χ3v) is 5.74. The van der Waals surface area contributed by atoms with Gasteiger partial charge in [-0.15, -0.1) is 0 Å². The van der Waals surface area contributed by atoms with Crippen LogP contribution in [0.5, 0.6) is 23.0 Å². The lowest BCUT2D eigenvalue weighted by Crippen LogP contribution is -2.59. The number of methoxy groups -OCH3 is 3. The molecule has 0 amide bonds. The number of ether oxygens (including phenoxy) is 6. The Bertz CT molecular complexity index is 937. The highest BCUT2D eigenvalue weighted by Crippen LogP contribution is 2.35. The molecule has 1 fully saturated rings. The van der Waals surface area contributed by atoms with E-state index in [1.165, 1.54) is 33.5 Å². The van der Waals surface area contributed by atoms with Crippen molar-refractivity contribution in [2.24, 2.45) is 0 Å². The fraction of sp³-hybridized carbons (Fsp3) is 0.500. The van der Waals surface area contributed by atoms with E-state index in [0.717, 1.165) is 0 Å². The van der Waals surface area contributed by atoms with Gasteiger partial charge in [-0.2, -0.15) is 0 Å². The highest BCUT2D eigenvalue weighted by atomic mass is 16.7. The summed E-state index contributed by atoms with van der Waals surface area (Å²) in [5, 5.41) is 50.8. The molecule has 35 heavy (non-hydrogen) atoms. The molecule has 2 unspecified atom stereocenters. The minimum absolute atomic E-state index is 0.0905. The molecule has 2 aromatic rings. The molecular formula is C24H32O11. The lowest BCUT2D eigenvalue weighted by molar-refractivity contribution is -0.299. The van der Waals surface area contributed by atoms with E-state index in [9.17, 15) is 25.5 Å². The van der Waals surface area contributed by atoms with E-state index in [1.807, 2.05) is 0 Å². The van der Waals surface area contributed by atoms with Crippen molar-refractivity contribution in [2.75, 3.05) is 34.5 Å². The number of rotatable bonds is 11. The molecule has 0 aliphatic carbocycles. The Kier molecular flexibility index (Phi) is 9.52. The first kappa shape index (κ1) is 27.0. The number of hydrogen-bond donors (Lipinski definition) is 5. The summed E-state index contributed by atoms with van der Waals surface area (Å²) in [5.74, 6) is 0.892. The van der Waals surface area contributed by atoms with Crippen LogP contribution in [0, 0.1) is 0 Å². The third-order valence-electron chi connectivity index (χ3n) is 5.74. The lowest BCUT2D eigenvalue weighted by atomic mass is 9.99. The van der Waals surface area contributed by atoms with Crippen molar-refractivity contribution in [3.63, 3.8) is 0 Å². The Morgan fingerprint density at radius 3 is 2.20 bits per heavy atom. The molecule has 2 aromatic carbocycles. The summed E-state index contributed by atoms with van der Waals surface area (Å²) in [6.07, 6.45) is -8.57. The minimum atomic E-state index is -1.52. The zero-order chi connectivity index (χ0) is 25.5. The highest BCUT2D eigenvalue weighted by molar-refractivity contribution is 5.43. The monoisotopic (exact) mass is 496 g/mol. The van der Waals surface area contributed by atoms with Crippen molar-refractivity contribution in [1.29, 1.82) is 0 Å². The Hall–Kier alpha value is -2.64. The van der Waals surface area contributed by atoms with Gasteiger partial charge in [0.2, 0.25) is 0 Å². The van der Waals surface area contributed by atoms with Crippen LogP contribution in [0.25, 0.3) is 0 Å². The summed E-state index contributed by atoms with van der Waals surface area (Å²) in [4.78, 5) is 0. The average molecular weight is 497 g/mol. The summed E-state index contributed by atoms with van der Waals surface area (Å²) < 4.78 is 33.2. The minimum Gasteiger partial charge on any atom is -0.504 e. The summed E-state index contributed by atoms with van der Waals surface area (Å²) in [6, 6.07) is 11.4. The second-order valence-electron chi connectivity index (χ2n) is 7.93. The van der Waals surface area contributed by atoms with Crippen LogP contribution in [0.3, 0.4) is 0 Å². The fourth-order valence-electron chi connectivity index (χ4n) is 3.81. The molecule has 5 N–H and O–H groups in total. The summed E-state index contributed by atoms with van der Waals surface area (Å²) in [7, 11) is 4.18. The van der Waals surface area contributed by atoms with Crippen molar-refractivity contribution < 1.29 is 54.0 Å². The van der Waals surface area contributed by atoms with Crippen LogP contribution in [0.15, 0.2) is 42.5 Å². The van der Waals surface area contributed by atoms with Gasteiger partial charge >= 0.3 is 0 Å². The summed E-state index contributed by atoms with van der Waals surface area (Å²) >= 11 is 0. The van der Waals surface area contributed by atoms with Gasteiger partial charge in [0, 0.05) is 7.11 Å². The Morgan fingerprint density at radius 2 is 1.57 bits per heavy atom. The van der Waals surface area contributed by atoms with E-state index >= 15 is 0 Å². The molecule has 3 rings (SSSR count). The molecule has 194 valence electrons. The maximum absolute atomic E-state index is 10.4. The largest absolute Gasteiger partial charge is 0.504 e. The molecule has 1 heterocycles. The maximum atomic E-state index is 10.4. The van der Waals surface area contributed by atoms with Crippen molar-refractivity contribution >= 4 is 0 Å². The number of para-hydroxylation sites is 2. The van der Waals surface area contributed by atoms with Crippen LogP contribution in [0.2, 0.25) is 0 Å². The van der Waals surface area contributed by atoms with Gasteiger partial charge in [0.05, 0.1) is 27.4 Å². The van der Waals surface area contributed by atoms with E-state index in [4.69, 9.17) is 28.4 Å². The molecular weight excluding hydrogens is 464 g/mol. The Labute approximate surface area is 203 Å². The van der Waals surface area contributed by atoms with Gasteiger partial charge in [0.25, 0.3) is 0 Å². The zero-order valence-corrected chi connectivity index (χ0v) is 19.7. The lowest BCUT2D eigenvalue weighted by Gasteiger charge is -2.40. The molecule has 11 heteroatoms. The first-order valence-corrected chi connectivity index (χ1v) is 11.0. The smallest absolute Gasteiger partial charge is 0.186 e. The first-order valence-electron chi connectivity index (χ1n) is 11.0. The molecule has 0 aromatic heterocycles. The molecule has 1 saturated heterocycles. The van der Waals surface area contributed by atoms with Crippen LogP contribution in [-0.2, 0) is 14.2 Å². The van der Waals surface area contributed by atoms with Crippen molar-refractivity contribution in [2.45, 2.75) is 42.9 Å². The van der Waals surface area contributed by atoms with Crippen LogP contribution in [0.1, 0.15) is 11.7 Å². The van der Waals surface area contributed by atoms with E-state index < -0.39 is 49.5 Å². The van der Waals surface area contributed by atoms with E-state index in [0.29, 0.717) is 17.1 Å². The molecule has 7 atom stereocenters. The Balaban J connectivity index is 1.89. The number of aromatic hydroxyl groups is 1. The molecule has 11 nitrogen and oxygen atoms in total. The summed E-state index contributed by atoms with van der Waals surface area (Å²) in [6.45, 7) is -0.730. The number of aliphatic hydroxyl groups is 4. The number of benzene rings is 2. The van der Waals surface area contributed by atoms with Gasteiger partial charge in [-0.05, 0) is 29.8 Å². The second-order valence-corrected chi connectivity index (χ2v) is 7.93. The predicted molar refractivity (Wildman–Crippen MR) is 122 cm³/mol. The Morgan fingerprint density at radius 1 is 0.886 bits per heavy atom. The molecule has 0 bridgehead atoms. The van der Waals surface area contributed by atoms with Crippen molar-refractivity contribution in [3.05, 3.63) is 48.0 Å². The summed E-state index contributed by atoms with van der Waals surface area (Å²) in [5.41, 5.74) is 0.489. The van der Waals surface area contributed by atoms with Gasteiger partial charge < -0.3 is 54.0 Å². The predicted octanol–water partition coefficient (Wildman–Crippen LogP) is 0.361. The molecule has 0 radical (unpaired) electrons. The molecule has 1 aliphatic rings. The number of phenolic OH excluding ortho intramolecular Hbond substituents is 1. The second kappa shape index (κ2) is 12.4. The highest BCUT2D eigenvalue weighted by Gasteiger charge is 2.44.